The van der Waals surface area contributed by atoms with Gasteiger partial charge in [-0.3, -0.25) is 4.99 Å². The number of aliphatic hydroxyl groups excluding tert-OH is 1. The first kappa shape index (κ1) is 17.2. The summed E-state index contributed by atoms with van der Waals surface area (Å²) in [6.45, 7) is 1.31. The van der Waals surface area contributed by atoms with Crippen molar-refractivity contribution in [2.45, 2.75) is 18.9 Å². The zero-order chi connectivity index (χ0) is 13.5. The van der Waals surface area contributed by atoms with E-state index in [0.29, 0.717) is 18.5 Å². The fraction of sp³-hybridized carbons (Fsp3) is 0.500. The maximum atomic E-state index is 9.68. The molecule has 0 bridgehead atoms. The van der Waals surface area contributed by atoms with E-state index in [-0.39, 0.29) is 30.5 Å². The third-order valence-electron chi connectivity index (χ3n) is 2.88. The van der Waals surface area contributed by atoms with Crippen molar-refractivity contribution in [2.24, 2.45) is 16.6 Å². The van der Waals surface area contributed by atoms with Gasteiger partial charge in [-0.15, -0.1) is 24.0 Å². The van der Waals surface area contributed by atoms with Crippen LogP contribution in [0, 0.1) is 5.92 Å². The van der Waals surface area contributed by atoms with Crippen molar-refractivity contribution in [3.8, 4) is 0 Å². The molecule has 2 rings (SSSR count). The van der Waals surface area contributed by atoms with Crippen molar-refractivity contribution >= 4 is 35.6 Å². The Bertz CT molecular complexity index is 410. The zero-order valence-electron chi connectivity index (χ0n) is 11.4. The smallest absolute Gasteiger partial charge is 0.193 e. The number of guanidine groups is 1. The van der Waals surface area contributed by atoms with Gasteiger partial charge in [0.1, 0.15) is 0 Å². The Labute approximate surface area is 136 Å². The third-order valence-corrected chi connectivity index (χ3v) is 2.88. The number of para-hydroxylation sites is 1. The molecule has 1 unspecified atom stereocenters. The average Bonchev–Trinajstić information content (AvgIpc) is 3.22. The van der Waals surface area contributed by atoms with Gasteiger partial charge >= 0.3 is 0 Å². The predicted octanol–water partition coefficient (Wildman–Crippen LogP) is 1.82. The minimum Gasteiger partial charge on any atom is -0.389 e. The van der Waals surface area contributed by atoms with Crippen LogP contribution in [0.2, 0.25) is 0 Å². The highest BCUT2D eigenvalue weighted by Gasteiger charge is 2.21. The Morgan fingerprint density at radius 1 is 1.40 bits per heavy atom. The number of aliphatic imine (C=N–C) groups is 1. The summed E-state index contributed by atoms with van der Waals surface area (Å²) >= 11 is 0. The molecule has 1 aliphatic carbocycles. The summed E-state index contributed by atoms with van der Waals surface area (Å²) in [7, 11) is 0. The molecule has 1 aliphatic rings. The van der Waals surface area contributed by atoms with E-state index in [1.807, 2.05) is 30.3 Å². The van der Waals surface area contributed by atoms with Crippen LogP contribution in [-0.2, 0) is 4.74 Å². The number of halogens is 1. The molecule has 5 nitrogen and oxygen atoms in total. The van der Waals surface area contributed by atoms with Crippen LogP contribution < -0.4 is 11.1 Å². The summed E-state index contributed by atoms with van der Waals surface area (Å²) in [5.41, 5.74) is 6.61. The monoisotopic (exact) mass is 391 g/mol. The topological polar surface area (TPSA) is 79.9 Å². The molecule has 1 fully saturated rings. The van der Waals surface area contributed by atoms with Crippen LogP contribution in [0.25, 0.3) is 0 Å². The van der Waals surface area contributed by atoms with Crippen LogP contribution in [0.3, 0.4) is 0 Å². The van der Waals surface area contributed by atoms with Crippen molar-refractivity contribution in [2.75, 3.05) is 25.1 Å². The van der Waals surface area contributed by atoms with Crippen molar-refractivity contribution < 1.29 is 9.84 Å². The number of aliphatic hydroxyl groups is 1. The molecule has 1 aromatic rings. The first-order valence-electron chi connectivity index (χ1n) is 6.62. The molecule has 1 saturated carbocycles. The second-order valence-corrected chi connectivity index (χ2v) is 4.85. The van der Waals surface area contributed by atoms with Gasteiger partial charge in [0.15, 0.2) is 5.96 Å². The zero-order valence-corrected chi connectivity index (χ0v) is 13.7. The average molecular weight is 391 g/mol. The summed E-state index contributed by atoms with van der Waals surface area (Å²) in [6.07, 6.45) is 1.90. The van der Waals surface area contributed by atoms with Gasteiger partial charge in [-0.2, -0.15) is 0 Å². The normalized spacial score (nSPS) is 16.4. The Morgan fingerprint density at radius 3 is 2.75 bits per heavy atom. The van der Waals surface area contributed by atoms with Crippen LogP contribution in [0.1, 0.15) is 12.8 Å². The molecule has 1 atom stereocenters. The molecule has 1 aromatic carbocycles. The maximum Gasteiger partial charge on any atom is 0.193 e. The minimum atomic E-state index is -0.602. The minimum absolute atomic E-state index is 0. The molecule has 6 heteroatoms. The Hall–Kier alpha value is -0.860. The molecule has 4 N–H and O–H groups in total. The van der Waals surface area contributed by atoms with Crippen molar-refractivity contribution in [3.05, 3.63) is 30.3 Å². The summed E-state index contributed by atoms with van der Waals surface area (Å²) in [4.78, 5) is 4.09. The van der Waals surface area contributed by atoms with Crippen molar-refractivity contribution in [1.82, 2.24) is 0 Å². The standard InChI is InChI=1S/C14H21N3O2.HI/c15-14(17-12-4-2-1-3-5-12)16-8-13(18)10-19-9-11-6-7-11;/h1-5,11,13,18H,6-10H2,(H3,15,16,17);1H. The Morgan fingerprint density at radius 2 is 2.10 bits per heavy atom. The number of anilines is 1. The number of nitrogens with one attached hydrogen (secondary N) is 1. The lowest BCUT2D eigenvalue weighted by Gasteiger charge is -2.10. The maximum absolute atomic E-state index is 9.68. The number of nitrogens with zero attached hydrogens (tertiary/aromatic N) is 1. The summed E-state index contributed by atoms with van der Waals surface area (Å²) in [6, 6.07) is 9.56. The lowest BCUT2D eigenvalue weighted by molar-refractivity contribution is 0.0369. The number of nitrogens with two attached hydrogens (primary N) is 1. The lowest BCUT2D eigenvalue weighted by atomic mass is 10.3. The van der Waals surface area contributed by atoms with E-state index in [1.165, 1.54) is 12.8 Å². The molecule has 0 radical (unpaired) electrons. The molecule has 0 saturated heterocycles. The molecule has 0 spiro atoms. The van der Waals surface area contributed by atoms with E-state index in [4.69, 9.17) is 10.5 Å². The number of rotatable bonds is 7. The first-order valence-corrected chi connectivity index (χ1v) is 6.62. The van der Waals surface area contributed by atoms with Gasteiger partial charge in [-0.05, 0) is 30.9 Å². The van der Waals surface area contributed by atoms with Crippen LogP contribution in [0.4, 0.5) is 5.69 Å². The quantitative estimate of drug-likeness (QED) is 0.376. The van der Waals surface area contributed by atoms with Crippen LogP contribution in [0.5, 0.6) is 0 Å². The molecule has 112 valence electrons. The Kier molecular flexibility index (Phi) is 7.86. The van der Waals surface area contributed by atoms with Gasteiger partial charge in [0.2, 0.25) is 0 Å². The van der Waals surface area contributed by atoms with Crippen LogP contribution in [0.15, 0.2) is 35.3 Å². The molecular formula is C14H22IN3O2. The van der Waals surface area contributed by atoms with E-state index >= 15 is 0 Å². The first-order chi connectivity index (χ1) is 9.24. The SMILES string of the molecule is I.NC(=NCC(O)COCC1CC1)Nc1ccccc1. The molecule has 0 aliphatic heterocycles. The number of hydrogen-bond acceptors (Lipinski definition) is 3. The van der Waals surface area contributed by atoms with Gasteiger partial charge in [-0.1, -0.05) is 18.2 Å². The van der Waals surface area contributed by atoms with Gasteiger partial charge in [0.05, 0.1) is 19.3 Å². The van der Waals surface area contributed by atoms with Gasteiger partial charge in [0.25, 0.3) is 0 Å². The fourth-order valence-electron chi connectivity index (χ4n) is 1.62. The predicted molar refractivity (Wildman–Crippen MR) is 91.5 cm³/mol. The summed E-state index contributed by atoms with van der Waals surface area (Å²) in [5.74, 6) is 1.01. The fourth-order valence-corrected chi connectivity index (χ4v) is 1.62. The second kappa shape index (κ2) is 9.15. The molecule has 0 heterocycles. The molecular weight excluding hydrogens is 369 g/mol. The van der Waals surface area contributed by atoms with E-state index in [9.17, 15) is 5.11 Å². The molecule has 0 amide bonds. The highest BCUT2D eigenvalue weighted by Crippen LogP contribution is 2.28. The number of benzene rings is 1. The largest absolute Gasteiger partial charge is 0.389 e. The summed E-state index contributed by atoms with van der Waals surface area (Å²) in [5, 5.41) is 12.6. The van der Waals surface area contributed by atoms with Crippen LogP contribution >= 0.6 is 24.0 Å². The third kappa shape index (κ3) is 7.06. The van der Waals surface area contributed by atoms with E-state index < -0.39 is 6.10 Å². The van der Waals surface area contributed by atoms with Gasteiger partial charge in [-0.25, -0.2) is 0 Å². The molecule has 20 heavy (non-hydrogen) atoms. The Balaban J connectivity index is 0.00000200. The summed E-state index contributed by atoms with van der Waals surface area (Å²) < 4.78 is 5.39. The second-order valence-electron chi connectivity index (χ2n) is 4.85. The highest BCUT2D eigenvalue weighted by atomic mass is 127. The van der Waals surface area contributed by atoms with Crippen molar-refractivity contribution in [3.63, 3.8) is 0 Å². The van der Waals surface area contributed by atoms with E-state index in [2.05, 4.69) is 10.3 Å². The highest BCUT2D eigenvalue weighted by molar-refractivity contribution is 14.0. The van der Waals surface area contributed by atoms with Crippen LogP contribution in [-0.4, -0.2) is 36.9 Å². The van der Waals surface area contributed by atoms with Gasteiger partial charge < -0.3 is 20.9 Å². The van der Waals surface area contributed by atoms with E-state index in [1.54, 1.807) is 0 Å². The van der Waals surface area contributed by atoms with Gasteiger partial charge in [0, 0.05) is 12.3 Å². The number of ether oxygens (including phenoxy) is 1. The molecule has 0 aromatic heterocycles. The number of hydrogen-bond donors (Lipinski definition) is 3. The van der Waals surface area contributed by atoms with Crippen molar-refractivity contribution in [1.29, 1.82) is 0 Å². The van der Waals surface area contributed by atoms with E-state index in [0.717, 1.165) is 12.3 Å². The lowest BCUT2D eigenvalue weighted by Crippen LogP contribution is -2.26.